The van der Waals surface area contributed by atoms with E-state index >= 15 is 0 Å². The Morgan fingerprint density at radius 1 is 1.36 bits per heavy atom. The first kappa shape index (κ1) is 16.3. The number of amides is 1. The number of aryl methyl sites for hydroxylation is 1. The SMILES string of the molecule is Cn1cc(CN2Cc3ccnn3[C@@H](CCNC(=O)C3CCC3)C2)cn1. The van der Waals surface area contributed by atoms with Gasteiger partial charge in [-0.3, -0.25) is 19.1 Å². The largest absolute Gasteiger partial charge is 0.356 e. The summed E-state index contributed by atoms with van der Waals surface area (Å²) < 4.78 is 3.98. The molecule has 0 unspecified atom stereocenters. The average molecular weight is 342 g/mol. The van der Waals surface area contributed by atoms with E-state index in [1.807, 2.05) is 24.1 Å². The molecule has 1 fully saturated rings. The Bertz CT molecular complexity index is 732. The highest BCUT2D eigenvalue weighted by molar-refractivity contribution is 5.79. The summed E-state index contributed by atoms with van der Waals surface area (Å²) in [5.74, 6) is 0.490. The number of aromatic nitrogens is 4. The number of fused-ring (bicyclic) bond motifs is 1. The predicted octanol–water partition coefficient (Wildman–Crippen LogP) is 1.48. The van der Waals surface area contributed by atoms with Crippen LogP contribution in [0, 0.1) is 5.92 Å². The van der Waals surface area contributed by atoms with Crippen LogP contribution in [-0.4, -0.2) is 43.5 Å². The maximum atomic E-state index is 12.0. The summed E-state index contributed by atoms with van der Waals surface area (Å²) in [6.45, 7) is 3.46. The Morgan fingerprint density at radius 3 is 2.96 bits per heavy atom. The number of carbonyl (C=O) groups is 1. The van der Waals surface area contributed by atoms with E-state index in [0.717, 1.165) is 45.4 Å². The van der Waals surface area contributed by atoms with Gasteiger partial charge in [0.2, 0.25) is 5.91 Å². The van der Waals surface area contributed by atoms with Gasteiger partial charge in [-0.25, -0.2) is 0 Å². The molecule has 1 saturated carbocycles. The number of hydrogen-bond donors (Lipinski definition) is 1. The van der Waals surface area contributed by atoms with Crippen LogP contribution in [0.4, 0.5) is 0 Å². The van der Waals surface area contributed by atoms with E-state index < -0.39 is 0 Å². The molecule has 0 saturated heterocycles. The van der Waals surface area contributed by atoms with Crippen LogP contribution in [0.1, 0.15) is 43.0 Å². The first-order valence-corrected chi connectivity index (χ1v) is 9.19. The predicted molar refractivity (Wildman–Crippen MR) is 93.6 cm³/mol. The molecule has 1 aliphatic heterocycles. The van der Waals surface area contributed by atoms with Crippen molar-refractivity contribution in [3.63, 3.8) is 0 Å². The van der Waals surface area contributed by atoms with Crippen LogP contribution >= 0.6 is 0 Å². The van der Waals surface area contributed by atoms with E-state index in [1.54, 1.807) is 0 Å². The highest BCUT2D eigenvalue weighted by Crippen LogP contribution is 2.27. The average Bonchev–Trinajstić information content (AvgIpc) is 3.14. The van der Waals surface area contributed by atoms with Crippen LogP contribution in [-0.2, 0) is 24.9 Å². The molecule has 3 heterocycles. The molecule has 134 valence electrons. The third-order valence-electron chi connectivity index (χ3n) is 5.37. The summed E-state index contributed by atoms with van der Waals surface area (Å²) in [6, 6.07) is 2.40. The molecule has 7 heteroatoms. The van der Waals surface area contributed by atoms with E-state index in [4.69, 9.17) is 0 Å². The van der Waals surface area contributed by atoms with Crippen molar-refractivity contribution in [2.45, 2.75) is 44.8 Å². The van der Waals surface area contributed by atoms with Crippen molar-refractivity contribution in [3.05, 3.63) is 35.9 Å². The van der Waals surface area contributed by atoms with E-state index in [0.29, 0.717) is 6.04 Å². The highest BCUT2D eigenvalue weighted by atomic mass is 16.1. The first-order chi connectivity index (χ1) is 12.2. The highest BCUT2D eigenvalue weighted by Gasteiger charge is 2.27. The molecule has 7 nitrogen and oxygen atoms in total. The molecule has 2 aromatic heterocycles. The zero-order valence-corrected chi connectivity index (χ0v) is 14.8. The molecule has 2 aliphatic rings. The molecule has 0 radical (unpaired) electrons. The van der Waals surface area contributed by atoms with Gasteiger partial charge in [0.05, 0.1) is 17.9 Å². The van der Waals surface area contributed by atoms with Gasteiger partial charge in [0.15, 0.2) is 0 Å². The number of rotatable bonds is 6. The van der Waals surface area contributed by atoms with Crippen LogP contribution < -0.4 is 5.32 Å². The fourth-order valence-corrected chi connectivity index (χ4v) is 3.79. The summed E-state index contributed by atoms with van der Waals surface area (Å²) in [5.41, 5.74) is 2.47. The van der Waals surface area contributed by atoms with E-state index in [1.165, 1.54) is 17.7 Å². The molecule has 4 rings (SSSR count). The molecular formula is C18H26N6O. The lowest BCUT2D eigenvalue weighted by Gasteiger charge is -2.34. The maximum absolute atomic E-state index is 12.0. The van der Waals surface area contributed by atoms with Crippen molar-refractivity contribution in [2.24, 2.45) is 13.0 Å². The van der Waals surface area contributed by atoms with Gasteiger partial charge in [0, 0.05) is 57.1 Å². The van der Waals surface area contributed by atoms with Crippen molar-refractivity contribution in [3.8, 4) is 0 Å². The summed E-state index contributed by atoms with van der Waals surface area (Å²) in [7, 11) is 1.95. The molecule has 0 aromatic carbocycles. The second-order valence-corrected chi connectivity index (χ2v) is 7.32. The van der Waals surface area contributed by atoms with Gasteiger partial charge in [-0.15, -0.1) is 0 Å². The Kier molecular flexibility index (Phi) is 4.57. The summed E-state index contributed by atoms with van der Waals surface area (Å²) >= 11 is 0. The monoisotopic (exact) mass is 342 g/mol. The van der Waals surface area contributed by atoms with E-state index in [-0.39, 0.29) is 11.8 Å². The standard InChI is InChI=1S/C18H26N6O/c1-22-10-14(9-21-22)11-23-12-16(24-17(13-23)6-8-20-24)5-7-19-18(25)15-3-2-4-15/h6,8-10,15-16H,2-5,7,11-13H2,1H3,(H,19,25)/t16-/m0/s1. The molecule has 1 aliphatic carbocycles. The molecule has 1 amide bonds. The molecule has 0 spiro atoms. The normalized spacial score (nSPS) is 20.9. The zero-order chi connectivity index (χ0) is 17.2. The fraction of sp³-hybridized carbons (Fsp3) is 0.611. The summed E-state index contributed by atoms with van der Waals surface area (Å²) in [6.07, 6.45) is 10.1. The van der Waals surface area contributed by atoms with Gasteiger partial charge in [-0.05, 0) is 25.3 Å². The minimum absolute atomic E-state index is 0.231. The molecule has 1 atom stereocenters. The minimum atomic E-state index is 0.231. The van der Waals surface area contributed by atoms with Gasteiger partial charge in [-0.1, -0.05) is 6.42 Å². The van der Waals surface area contributed by atoms with Gasteiger partial charge in [0.25, 0.3) is 0 Å². The summed E-state index contributed by atoms with van der Waals surface area (Å²) in [5, 5.41) is 11.9. The lowest BCUT2D eigenvalue weighted by atomic mass is 9.85. The quantitative estimate of drug-likeness (QED) is 0.863. The van der Waals surface area contributed by atoms with E-state index in [2.05, 4.69) is 37.4 Å². The lowest BCUT2D eigenvalue weighted by molar-refractivity contribution is -0.127. The number of nitrogens with zero attached hydrogens (tertiary/aromatic N) is 5. The van der Waals surface area contributed by atoms with Crippen molar-refractivity contribution in [1.82, 2.24) is 29.8 Å². The second kappa shape index (κ2) is 7.00. The smallest absolute Gasteiger partial charge is 0.223 e. The van der Waals surface area contributed by atoms with Crippen LogP contribution in [0.15, 0.2) is 24.7 Å². The Hall–Kier alpha value is -2.15. The Labute approximate surface area is 148 Å². The fourth-order valence-electron chi connectivity index (χ4n) is 3.79. The van der Waals surface area contributed by atoms with Crippen molar-refractivity contribution >= 4 is 5.91 Å². The van der Waals surface area contributed by atoms with Crippen molar-refractivity contribution in [1.29, 1.82) is 0 Å². The number of nitrogens with one attached hydrogen (secondary N) is 1. The second-order valence-electron chi connectivity index (χ2n) is 7.32. The first-order valence-electron chi connectivity index (χ1n) is 9.19. The third-order valence-corrected chi connectivity index (χ3v) is 5.37. The topological polar surface area (TPSA) is 68.0 Å². The van der Waals surface area contributed by atoms with Crippen molar-refractivity contribution in [2.75, 3.05) is 13.1 Å². The lowest BCUT2D eigenvalue weighted by Crippen LogP contribution is -2.40. The Morgan fingerprint density at radius 2 is 2.24 bits per heavy atom. The minimum Gasteiger partial charge on any atom is -0.356 e. The third kappa shape index (κ3) is 3.61. The molecule has 2 aromatic rings. The van der Waals surface area contributed by atoms with Crippen LogP contribution in [0.2, 0.25) is 0 Å². The Balaban J connectivity index is 1.35. The van der Waals surface area contributed by atoms with Gasteiger partial charge < -0.3 is 5.32 Å². The van der Waals surface area contributed by atoms with Gasteiger partial charge in [-0.2, -0.15) is 10.2 Å². The van der Waals surface area contributed by atoms with Gasteiger partial charge >= 0.3 is 0 Å². The number of carbonyl (C=O) groups excluding carboxylic acids is 1. The molecular weight excluding hydrogens is 316 g/mol. The summed E-state index contributed by atoms with van der Waals surface area (Å²) in [4.78, 5) is 14.5. The maximum Gasteiger partial charge on any atom is 0.223 e. The molecule has 25 heavy (non-hydrogen) atoms. The molecule has 0 bridgehead atoms. The van der Waals surface area contributed by atoms with Crippen LogP contribution in [0.25, 0.3) is 0 Å². The number of hydrogen-bond acceptors (Lipinski definition) is 4. The molecule has 1 N–H and O–H groups in total. The van der Waals surface area contributed by atoms with Crippen molar-refractivity contribution < 1.29 is 4.79 Å². The van der Waals surface area contributed by atoms with E-state index in [9.17, 15) is 4.79 Å². The zero-order valence-electron chi connectivity index (χ0n) is 14.8. The van der Waals surface area contributed by atoms with Crippen LogP contribution in [0.3, 0.4) is 0 Å². The van der Waals surface area contributed by atoms with Gasteiger partial charge in [0.1, 0.15) is 0 Å². The van der Waals surface area contributed by atoms with Crippen LogP contribution in [0.5, 0.6) is 0 Å².